The summed E-state index contributed by atoms with van der Waals surface area (Å²) in [6.45, 7) is 6.94. The number of unbranched alkanes of at least 4 members (excludes halogenated alkanes) is 4. The molecule has 0 radical (unpaired) electrons. The first-order valence-corrected chi connectivity index (χ1v) is 6.49. The first kappa shape index (κ1) is 13.4. The number of hydrogen-bond acceptors (Lipinski definition) is 0. The second-order valence-corrected chi connectivity index (χ2v) is 5.96. The van der Waals surface area contributed by atoms with Crippen molar-refractivity contribution in [1.82, 2.24) is 0 Å². The average molecular weight is 202 g/mol. The molecule has 0 bridgehead atoms. The van der Waals surface area contributed by atoms with E-state index in [9.17, 15) is 0 Å². The minimum absolute atomic E-state index is 0.518. The van der Waals surface area contributed by atoms with Gasteiger partial charge in [-0.15, -0.1) is 9.24 Å². The zero-order chi connectivity index (χ0) is 10.2. The summed E-state index contributed by atoms with van der Waals surface area (Å²) in [5.41, 5.74) is 0. The predicted molar refractivity (Wildman–Crippen MR) is 66.4 cm³/mol. The molecule has 0 aromatic rings. The third kappa shape index (κ3) is 8.75. The lowest BCUT2D eigenvalue weighted by Crippen LogP contribution is -2.14. The van der Waals surface area contributed by atoms with Gasteiger partial charge < -0.3 is 0 Å². The molecule has 0 aliphatic carbocycles. The Balaban J connectivity index is 3.42. The molecule has 1 heteroatoms. The van der Waals surface area contributed by atoms with Gasteiger partial charge in [0, 0.05) is 0 Å². The van der Waals surface area contributed by atoms with Crippen molar-refractivity contribution in [2.75, 3.05) is 0 Å². The highest BCUT2D eigenvalue weighted by atomic mass is 31.0. The van der Waals surface area contributed by atoms with Gasteiger partial charge in [-0.2, -0.15) is 0 Å². The molecule has 0 saturated heterocycles. The second kappa shape index (κ2) is 7.80. The average Bonchev–Trinajstić information content (AvgIpc) is 2.05. The molecule has 0 heterocycles. The number of rotatable bonds is 8. The summed E-state index contributed by atoms with van der Waals surface area (Å²) >= 11 is 0. The molecule has 0 N–H and O–H groups in total. The SMILES string of the molecule is CCCCCC(C)(P)CCCCC. The fourth-order valence-corrected chi connectivity index (χ4v) is 2.09. The minimum atomic E-state index is 0.518. The van der Waals surface area contributed by atoms with Crippen LogP contribution >= 0.6 is 9.24 Å². The molecule has 1 atom stereocenters. The van der Waals surface area contributed by atoms with Crippen molar-refractivity contribution in [1.29, 1.82) is 0 Å². The zero-order valence-electron chi connectivity index (χ0n) is 9.73. The van der Waals surface area contributed by atoms with Crippen LogP contribution in [0.5, 0.6) is 0 Å². The van der Waals surface area contributed by atoms with Gasteiger partial charge in [-0.05, 0) is 18.0 Å². The van der Waals surface area contributed by atoms with Crippen molar-refractivity contribution in [3.8, 4) is 0 Å². The van der Waals surface area contributed by atoms with Crippen molar-refractivity contribution in [3.63, 3.8) is 0 Å². The highest BCUT2D eigenvalue weighted by Crippen LogP contribution is 2.30. The van der Waals surface area contributed by atoms with Crippen molar-refractivity contribution in [2.45, 2.75) is 77.3 Å². The molecular formula is C12H27P. The lowest BCUT2D eigenvalue weighted by atomic mass is 9.96. The Morgan fingerprint density at radius 3 is 1.54 bits per heavy atom. The highest BCUT2D eigenvalue weighted by molar-refractivity contribution is 7.18. The summed E-state index contributed by atoms with van der Waals surface area (Å²) in [7, 11) is 3.06. The lowest BCUT2D eigenvalue weighted by Gasteiger charge is -2.24. The van der Waals surface area contributed by atoms with E-state index in [4.69, 9.17) is 0 Å². The van der Waals surface area contributed by atoms with Crippen LogP contribution in [-0.2, 0) is 0 Å². The Bertz CT molecular complexity index is 95.7. The normalized spacial score (nSPS) is 12.0. The van der Waals surface area contributed by atoms with Gasteiger partial charge in [-0.3, -0.25) is 0 Å². The molecule has 0 rings (SSSR count). The van der Waals surface area contributed by atoms with E-state index in [2.05, 4.69) is 30.0 Å². The maximum absolute atomic E-state index is 3.06. The van der Waals surface area contributed by atoms with Crippen LogP contribution in [0.2, 0.25) is 0 Å². The summed E-state index contributed by atoms with van der Waals surface area (Å²) < 4.78 is 0. The van der Waals surface area contributed by atoms with Crippen LogP contribution in [0, 0.1) is 0 Å². The Labute approximate surface area is 87.1 Å². The Hall–Kier alpha value is 0.430. The third-order valence-electron chi connectivity index (χ3n) is 2.70. The van der Waals surface area contributed by atoms with Gasteiger partial charge in [0.25, 0.3) is 0 Å². The molecule has 0 nitrogen and oxygen atoms in total. The molecule has 0 aliphatic heterocycles. The third-order valence-corrected chi connectivity index (χ3v) is 3.28. The summed E-state index contributed by atoms with van der Waals surface area (Å²) in [4.78, 5) is 0. The van der Waals surface area contributed by atoms with E-state index in [-0.39, 0.29) is 0 Å². The summed E-state index contributed by atoms with van der Waals surface area (Å²) in [5, 5.41) is 0.518. The molecular weight excluding hydrogens is 175 g/mol. The number of hydrogen-bond donors (Lipinski definition) is 0. The molecule has 80 valence electrons. The first-order chi connectivity index (χ1) is 6.12. The standard InChI is InChI=1S/C12H27P/c1-4-6-8-10-12(3,13)11-9-7-5-2/h4-11,13H2,1-3H3. The zero-order valence-corrected chi connectivity index (χ0v) is 10.9. The van der Waals surface area contributed by atoms with Crippen molar-refractivity contribution in [2.24, 2.45) is 0 Å². The van der Waals surface area contributed by atoms with E-state index in [0.717, 1.165) is 0 Å². The van der Waals surface area contributed by atoms with E-state index in [1.54, 1.807) is 0 Å². The summed E-state index contributed by atoms with van der Waals surface area (Å²) in [5.74, 6) is 0. The van der Waals surface area contributed by atoms with Crippen LogP contribution in [0.1, 0.15) is 72.1 Å². The minimum Gasteiger partial charge on any atom is -0.131 e. The quantitative estimate of drug-likeness (QED) is 0.392. The van der Waals surface area contributed by atoms with Gasteiger partial charge >= 0.3 is 0 Å². The van der Waals surface area contributed by atoms with Crippen molar-refractivity contribution in [3.05, 3.63) is 0 Å². The monoisotopic (exact) mass is 202 g/mol. The van der Waals surface area contributed by atoms with Crippen LogP contribution in [0.4, 0.5) is 0 Å². The molecule has 0 fully saturated rings. The molecule has 0 aromatic heterocycles. The van der Waals surface area contributed by atoms with Crippen LogP contribution in [0.3, 0.4) is 0 Å². The maximum atomic E-state index is 3.06. The van der Waals surface area contributed by atoms with Gasteiger partial charge in [-0.1, -0.05) is 59.3 Å². The molecule has 0 saturated carbocycles. The molecule has 0 aliphatic rings. The first-order valence-electron chi connectivity index (χ1n) is 5.91. The van der Waals surface area contributed by atoms with E-state index < -0.39 is 0 Å². The van der Waals surface area contributed by atoms with E-state index in [1.807, 2.05) is 0 Å². The predicted octanol–water partition coefficient (Wildman–Crippen LogP) is 4.78. The molecule has 13 heavy (non-hydrogen) atoms. The highest BCUT2D eigenvalue weighted by Gasteiger charge is 2.16. The summed E-state index contributed by atoms with van der Waals surface area (Å²) in [6, 6.07) is 0. The van der Waals surface area contributed by atoms with Gasteiger partial charge in [-0.25, -0.2) is 0 Å². The smallest absolute Gasteiger partial charge is 0.0178 e. The van der Waals surface area contributed by atoms with Crippen LogP contribution < -0.4 is 0 Å². The van der Waals surface area contributed by atoms with Crippen molar-refractivity contribution < 1.29 is 0 Å². The van der Waals surface area contributed by atoms with Crippen LogP contribution in [-0.4, -0.2) is 5.16 Å². The Kier molecular flexibility index (Phi) is 8.06. The van der Waals surface area contributed by atoms with E-state index >= 15 is 0 Å². The molecule has 0 amide bonds. The maximum Gasteiger partial charge on any atom is -0.0178 e. The summed E-state index contributed by atoms with van der Waals surface area (Å²) in [6.07, 6.45) is 11.1. The van der Waals surface area contributed by atoms with Crippen LogP contribution in [0.25, 0.3) is 0 Å². The fraction of sp³-hybridized carbons (Fsp3) is 1.00. The van der Waals surface area contributed by atoms with Gasteiger partial charge in [0.1, 0.15) is 0 Å². The molecule has 0 spiro atoms. The molecule has 1 unspecified atom stereocenters. The van der Waals surface area contributed by atoms with Gasteiger partial charge in [0.2, 0.25) is 0 Å². The lowest BCUT2D eigenvalue weighted by molar-refractivity contribution is 0.481. The topological polar surface area (TPSA) is 0 Å². The van der Waals surface area contributed by atoms with Gasteiger partial charge in [0.15, 0.2) is 0 Å². The van der Waals surface area contributed by atoms with E-state index in [1.165, 1.54) is 51.4 Å². The van der Waals surface area contributed by atoms with Crippen molar-refractivity contribution >= 4 is 9.24 Å². The Morgan fingerprint density at radius 2 is 1.23 bits per heavy atom. The van der Waals surface area contributed by atoms with Crippen LogP contribution in [0.15, 0.2) is 0 Å². The van der Waals surface area contributed by atoms with Gasteiger partial charge in [0.05, 0.1) is 0 Å². The largest absolute Gasteiger partial charge is 0.131 e. The molecule has 0 aromatic carbocycles. The van der Waals surface area contributed by atoms with E-state index in [0.29, 0.717) is 5.16 Å². The second-order valence-electron chi connectivity index (χ2n) is 4.57. The Morgan fingerprint density at radius 1 is 0.846 bits per heavy atom. The fourth-order valence-electron chi connectivity index (χ4n) is 1.68.